The van der Waals surface area contributed by atoms with Gasteiger partial charge < -0.3 is 5.32 Å². The molecule has 96 valence electrons. The zero-order valence-electron chi connectivity index (χ0n) is 10.2. The van der Waals surface area contributed by atoms with Crippen molar-refractivity contribution < 1.29 is 4.39 Å². The number of hydrogen-bond acceptors (Lipinski definition) is 3. The SMILES string of the molecule is CNC(Cc1nc(C)cs1)c1ccc(Br)c(F)c1. The first-order chi connectivity index (χ1) is 8.60. The summed E-state index contributed by atoms with van der Waals surface area (Å²) in [6.45, 7) is 1.98. The number of aryl methyl sites for hydroxylation is 1. The third kappa shape index (κ3) is 3.16. The van der Waals surface area contributed by atoms with Crippen LogP contribution in [0.25, 0.3) is 0 Å². The van der Waals surface area contributed by atoms with Crippen molar-refractivity contribution in [1.82, 2.24) is 10.3 Å². The van der Waals surface area contributed by atoms with Gasteiger partial charge in [-0.1, -0.05) is 6.07 Å². The van der Waals surface area contributed by atoms with Crippen molar-refractivity contribution in [3.05, 3.63) is 50.1 Å². The molecule has 0 saturated carbocycles. The molecule has 0 fully saturated rings. The fraction of sp³-hybridized carbons (Fsp3) is 0.308. The Balaban J connectivity index is 2.19. The van der Waals surface area contributed by atoms with E-state index >= 15 is 0 Å². The standard InChI is InChI=1S/C13H14BrFN2S/c1-8-7-18-13(17-8)6-12(16-2)9-3-4-10(14)11(15)5-9/h3-5,7,12,16H,6H2,1-2H3. The van der Waals surface area contributed by atoms with Crippen LogP contribution in [0.2, 0.25) is 0 Å². The molecule has 2 nitrogen and oxygen atoms in total. The van der Waals surface area contributed by atoms with Crippen molar-refractivity contribution in [2.24, 2.45) is 0 Å². The molecule has 1 heterocycles. The molecule has 0 aliphatic rings. The summed E-state index contributed by atoms with van der Waals surface area (Å²) in [5.41, 5.74) is 1.97. The lowest BCUT2D eigenvalue weighted by Crippen LogP contribution is -2.19. The van der Waals surface area contributed by atoms with Crippen LogP contribution in [0.15, 0.2) is 28.1 Å². The van der Waals surface area contributed by atoms with Crippen LogP contribution in [0.1, 0.15) is 22.3 Å². The molecule has 0 saturated heterocycles. The zero-order chi connectivity index (χ0) is 13.1. The highest BCUT2D eigenvalue weighted by atomic mass is 79.9. The molecule has 2 rings (SSSR count). The predicted molar refractivity (Wildman–Crippen MR) is 76.5 cm³/mol. The van der Waals surface area contributed by atoms with Gasteiger partial charge in [0, 0.05) is 23.5 Å². The summed E-state index contributed by atoms with van der Waals surface area (Å²) in [6, 6.07) is 5.31. The van der Waals surface area contributed by atoms with Crippen LogP contribution < -0.4 is 5.32 Å². The van der Waals surface area contributed by atoms with Crippen LogP contribution in [-0.4, -0.2) is 12.0 Å². The summed E-state index contributed by atoms with van der Waals surface area (Å²) in [7, 11) is 1.88. The lowest BCUT2D eigenvalue weighted by atomic mass is 10.0. The fourth-order valence-corrected chi connectivity index (χ4v) is 2.85. The number of rotatable bonds is 4. The first-order valence-corrected chi connectivity index (χ1v) is 7.30. The molecule has 2 aromatic rings. The van der Waals surface area contributed by atoms with E-state index in [9.17, 15) is 4.39 Å². The van der Waals surface area contributed by atoms with E-state index in [2.05, 4.69) is 26.2 Å². The topological polar surface area (TPSA) is 24.9 Å². The summed E-state index contributed by atoms with van der Waals surface area (Å²) in [5, 5.41) is 6.30. The molecule has 18 heavy (non-hydrogen) atoms. The fourth-order valence-electron chi connectivity index (χ4n) is 1.79. The van der Waals surface area contributed by atoms with Crippen LogP contribution in [0.5, 0.6) is 0 Å². The van der Waals surface area contributed by atoms with Gasteiger partial charge in [0.15, 0.2) is 0 Å². The summed E-state index contributed by atoms with van der Waals surface area (Å²) in [4.78, 5) is 4.44. The minimum Gasteiger partial charge on any atom is -0.313 e. The van der Waals surface area contributed by atoms with Gasteiger partial charge in [-0.2, -0.15) is 0 Å². The molecule has 0 aliphatic carbocycles. The number of hydrogen-bond donors (Lipinski definition) is 1. The van der Waals surface area contributed by atoms with Gasteiger partial charge in [-0.25, -0.2) is 9.37 Å². The highest BCUT2D eigenvalue weighted by Gasteiger charge is 2.13. The van der Waals surface area contributed by atoms with Gasteiger partial charge in [-0.05, 0) is 47.6 Å². The Labute approximate surface area is 118 Å². The number of aromatic nitrogens is 1. The molecule has 1 aromatic carbocycles. The van der Waals surface area contributed by atoms with Gasteiger partial charge >= 0.3 is 0 Å². The molecule has 1 unspecified atom stereocenters. The molecule has 0 radical (unpaired) electrons. The predicted octanol–water partition coefficient (Wildman–Crippen LogP) is 3.86. The van der Waals surface area contributed by atoms with Crippen molar-refractivity contribution in [3.63, 3.8) is 0 Å². The summed E-state index contributed by atoms with van der Waals surface area (Å²) >= 11 is 4.81. The maximum Gasteiger partial charge on any atom is 0.137 e. The van der Waals surface area contributed by atoms with E-state index in [0.717, 1.165) is 22.7 Å². The van der Waals surface area contributed by atoms with E-state index in [4.69, 9.17) is 0 Å². The highest BCUT2D eigenvalue weighted by Crippen LogP contribution is 2.24. The average Bonchev–Trinajstić information content (AvgIpc) is 2.75. The maximum absolute atomic E-state index is 13.5. The second kappa shape index (κ2) is 5.91. The van der Waals surface area contributed by atoms with E-state index in [1.54, 1.807) is 23.5 Å². The van der Waals surface area contributed by atoms with Gasteiger partial charge in [0.2, 0.25) is 0 Å². The Morgan fingerprint density at radius 1 is 1.50 bits per heavy atom. The summed E-state index contributed by atoms with van der Waals surface area (Å²) < 4.78 is 14.0. The molecule has 0 aliphatic heterocycles. The van der Waals surface area contributed by atoms with Crippen molar-refractivity contribution in [2.45, 2.75) is 19.4 Å². The average molecular weight is 329 g/mol. The number of benzene rings is 1. The van der Waals surface area contributed by atoms with E-state index in [1.165, 1.54) is 0 Å². The Bertz CT molecular complexity index is 542. The Morgan fingerprint density at radius 2 is 2.28 bits per heavy atom. The Kier molecular flexibility index (Phi) is 4.48. The van der Waals surface area contributed by atoms with E-state index in [0.29, 0.717) is 4.47 Å². The van der Waals surface area contributed by atoms with Gasteiger partial charge in [0.05, 0.1) is 9.48 Å². The largest absolute Gasteiger partial charge is 0.313 e. The second-order valence-corrected chi connectivity index (χ2v) is 5.90. The van der Waals surface area contributed by atoms with Gasteiger partial charge in [0.1, 0.15) is 5.82 Å². The maximum atomic E-state index is 13.5. The van der Waals surface area contributed by atoms with E-state index in [1.807, 2.05) is 25.4 Å². The van der Waals surface area contributed by atoms with Crippen LogP contribution >= 0.6 is 27.3 Å². The van der Waals surface area contributed by atoms with Crippen molar-refractivity contribution in [2.75, 3.05) is 7.05 Å². The quantitative estimate of drug-likeness (QED) is 0.921. The molecule has 0 bridgehead atoms. The summed E-state index contributed by atoms with van der Waals surface area (Å²) in [6.07, 6.45) is 0.774. The third-order valence-electron chi connectivity index (χ3n) is 2.74. The Hall–Kier alpha value is -0.780. The first kappa shape index (κ1) is 13.6. The second-order valence-electron chi connectivity index (χ2n) is 4.10. The van der Waals surface area contributed by atoms with Crippen molar-refractivity contribution in [3.8, 4) is 0 Å². The first-order valence-electron chi connectivity index (χ1n) is 5.63. The van der Waals surface area contributed by atoms with Gasteiger partial charge in [-0.15, -0.1) is 11.3 Å². The van der Waals surface area contributed by atoms with Crippen LogP contribution in [0.3, 0.4) is 0 Å². The van der Waals surface area contributed by atoms with E-state index in [-0.39, 0.29) is 11.9 Å². The Morgan fingerprint density at radius 3 is 2.83 bits per heavy atom. The van der Waals surface area contributed by atoms with Crippen LogP contribution in [0.4, 0.5) is 4.39 Å². The monoisotopic (exact) mass is 328 g/mol. The molecule has 5 heteroatoms. The molecule has 0 amide bonds. The smallest absolute Gasteiger partial charge is 0.137 e. The number of halogens is 2. The van der Waals surface area contributed by atoms with Crippen molar-refractivity contribution >= 4 is 27.3 Å². The third-order valence-corrected chi connectivity index (χ3v) is 4.37. The molecular formula is C13H14BrFN2S. The minimum atomic E-state index is -0.233. The highest BCUT2D eigenvalue weighted by molar-refractivity contribution is 9.10. The van der Waals surface area contributed by atoms with Gasteiger partial charge in [-0.3, -0.25) is 0 Å². The van der Waals surface area contributed by atoms with Crippen LogP contribution in [0, 0.1) is 12.7 Å². The molecule has 0 spiro atoms. The lowest BCUT2D eigenvalue weighted by molar-refractivity contribution is 0.574. The number of nitrogens with one attached hydrogen (secondary N) is 1. The molecule has 1 atom stereocenters. The normalized spacial score (nSPS) is 12.7. The molecular weight excluding hydrogens is 315 g/mol. The van der Waals surface area contributed by atoms with Crippen LogP contribution in [-0.2, 0) is 6.42 Å². The van der Waals surface area contributed by atoms with Gasteiger partial charge in [0.25, 0.3) is 0 Å². The lowest BCUT2D eigenvalue weighted by Gasteiger charge is -2.15. The number of nitrogens with zero attached hydrogens (tertiary/aromatic N) is 1. The summed E-state index contributed by atoms with van der Waals surface area (Å²) in [5.74, 6) is -0.233. The van der Waals surface area contributed by atoms with E-state index < -0.39 is 0 Å². The van der Waals surface area contributed by atoms with Crippen molar-refractivity contribution in [1.29, 1.82) is 0 Å². The molecule has 1 aromatic heterocycles. The number of thiazole rings is 1. The number of likely N-dealkylation sites (N-methyl/N-ethyl adjacent to an activating group) is 1. The zero-order valence-corrected chi connectivity index (χ0v) is 12.6. The minimum absolute atomic E-state index is 0.0816. The molecule has 1 N–H and O–H groups in total.